The highest BCUT2D eigenvalue weighted by molar-refractivity contribution is 5.78. The molecule has 0 aliphatic heterocycles. The molecule has 0 atom stereocenters. The summed E-state index contributed by atoms with van der Waals surface area (Å²) in [7, 11) is 1.84. The van der Waals surface area contributed by atoms with E-state index in [-0.39, 0.29) is 23.8 Å². The first-order valence-electron chi connectivity index (χ1n) is 7.06. The molecule has 0 saturated heterocycles. The van der Waals surface area contributed by atoms with Gasteiger partial charge in [0.05, 0.1) is 6.54 Å². The molecule has 0 fully saturated rings. The molecular formula is C16H25FN2O. The topological polar surface area (TPSA) is 23.6 Å². The minimum Gasteiger partial charge on any atom is -0.337 e. The molecule has 3 nitrogen and oxygen atoms in total. The van der Waals surface area contributed by atoms with Crippen LogP contribution in [-0.2, 0) is 11.3 Å². The van der Waals surface area contributed by atoms with Crippen LogP contribution in [0.15, 0.2) is 24.3 Å². The number of rotatable bonds is 6. The summed E-state index contributed by atoms with van der Waals surface area (Å²) in [5.41, 5.74) is 0.614. The summed E-state index contributed by atoms with van der Waals surface area (Å²) in [6.45, 7) is 8.76. The third kappa shape index (κ3) is 4.60. The maximum atomic E-state index is 13.6. The Hall–Kier alpha value is -1.42. The third-order valence-corrected chi connectivity index (χ3v) is 3.20. The van der Waals surface area contributed by atoms with Gasteiger partial charge in [0.1, 0.15) is 5.82 Å². The van der Waals surface area contributed by atoms with Crippen LogP contribution in [0.4, 0.5) is 4.39 Å². The van der Waals surface area contributed by atoms with Crippen molar-refractivity contribution >= 4 is 5.91 Å². The molecule has 0 N–H and O–H groups in total. The highest BCUT2D eigenvalue weighted by Crippen LogP contribution is 2.10. The van der Waals surface area contributed by atoms with Crippen LogP contribution in [-0.4, -0.2) is 41.4 Å². The number of nitrogens with zero attached hydrogens (tertiary/aromatic N) is 2. The minimum atomic E-state index is -0.226. The van der Waals surface area contributed by atoms with Gasteiger partial charge in [0.15, 0.2) is 0 Å². The molecule has 4 heteroatoms. The van der Waals surface area contributed by atoms with Crippen LogP contribution >= 0.6 is 0 Å². The molecule has 0 aliphatic rings. The molecule has 20 heavy (non-hydrogen) atoms. The van der Waals surface area contributed by atoms with Gasteiger partial charge in [-0.3, -0.25) is 9.69 Å². The Bertz CT molecular complexity index is 438. The van der Waals surface area contributed by atoms with Gasteiger partial charge in [-0.25, -0.2) is 4.39 Å². The number of amides is 1. The van der Waals surface area contributed by atoms with Crippen molar-refractivity contribution in [2.24, 2.45) is 0 Å². The fourth-order valence-electron chi connectivity index (χ4n) is 2.46. The van der Waals surface area contributed by atoms with Crippen LogP contribution < -0.4 is 0 Å². The molecule has 0 heterocycles. The fraction of sp³-hybridized carbons (Fsp3) is 0.562. The molecule has 1 aromatic carbocycles. The average molecular weight is 280 g/mol. The summed E-state index contributed by atoms with van der Waals surface area (Å²) in [6, 6.07) is 7.01. The van der Waals surface area contributed by atoms with Gasteiger partial charge in [-0.1, -0.05) is 18.2 Å². The monoisotopic (exact) mass is 280 g/mol. The maximum absolute atomic E-state index is 13.6. The van der Waals surface area contributed by atoms with Gasteiger partial charge in [-0.15, -0.1) is 0 Å². The highest BCUT2D eigenvalue weighted by Gasteiger charge is 2.21. The molecule has 0 aromatic heterocycles. The van der Waals surface area contributed by atoms with Crippen LogP contribution in [0, 0.1) is 5.82 Å². The van der Waals surface area contributed by atoms with Crippen LogP contribution in [0.2, 0.25) is 0 Å². The van der Waals surface area contributed by atoms with Crippen LogP contribution in [0.5, 0.6) is 0 Å². The van der Waals surface area contributed by atoms with Crippen LogP contribution in [0.3, 0.4) is 0 Å². The van der Waals surface area contributed by atoms with E-state index in [9.17, 15) is 9.18 Å². The van der Waals surface area contributed by atoms with Crippen LogP contribution in [0.25, 0.3) is 0 Å². The van der Waals surface area contributed by atoms with Crippen LogP contribution in [0.1, 0.15) is 33.3 Å². The fourth-order valence-corrected chi connectivity index (χ4v) is 2.46. The highest BCUT2D eigenvalue weighted by atomic mass is 19.1. The lowest BCUT2D eigenvalue weighted by Gasteiger charge is -2.32. The number of benzene rings is 1. The van der Waals surface area contributed by atoms with E-state index in [1.54, 1.807) is 12.1 Å². The van der Waals surface area contributed by atoms with Crippen molar-refractivity contribution in [3.63, 3.8) is 0 Å². The van der Waals surface area contributed by atoms with Gasteiger partial charge in [-0.05, 0) is 40.8 Å². The van der Waals surface area contributed by atoms with Crippen molar-refractivity contribution < 1.29 is 9.18 Å². The molecule has 0 unspecified atom stereocenters. The normalized spacial score (nSPS) is 11.4. The summed E-state index contributed by atoms with van der Waals surface area (Å²) in [4.78, 5) is 16.0. The Balaban J connectivity index is 2.64. The van der Waals surface area contributed by atoms with E-state index in [1.807, 2.05) is 50.6 Å². The first-order valence-corrected chi connectivity index (χ1v) is 7.06. The van der Waals surface area contributed by atoms with Gasteiger partial charge < -0.3 is 4.90 Å². The van der Waals surface area contributed by atoms with Crippen molar-refractivity contribution in [1.29, 1.82) is 0 Å². The van der Waals surface area contributed by atoms with Gasteiger partial charge in [0.2, 0.25) is 5.91 Å². The van der Waals surface area contributed by atoms with Gasteiger partial charge in [0.25, 0.3) is 0 Å². The molecule has 1 rings (SSSR count). The zero-order valence-electron chi connectivity index (χ0n) is 13.1. The molecule has 0 spiro atoms. The first-order chi connectivity index (χ1) is 9.32. The van der Waals surface area contributed by atoms with E-state index in [2.05, 4.69) is 0 Å². The molecule has 112 valence electrons. The van der Waals surface area contributed by atoms with E-state index in [4.69, 9.17) is 0 Å². The maximum Gasteiger partial charge on any atom is 0.237 e. The standard InChI is InChI=1S/C16H25FN2O/c1-12(2)19(13(3)4)16(20)11-18(5)10-14-8-6-7-9-15(14)17/h6-9,12-13H,10-11H2,1-5H3. The van der Waals surface area contributed by atoms with E-state index in [0.717, 1.165) is 0 Å². The Morgan fingerprint density at radius 1 is 1.15 bits per heavy atom. The Labute approximate surface area is 121 Å². The third-order valence-electron chi connectivity index (χ3n) is 3.20. The molecule has 1 aromatic rings. The zero-order valence-corrected chi connectivity index (χ0v) is 13.1. The van der Waals surface area contributed by atoms with E-state index in [0.29, 0.717) is 18.7 Å². The Morgan fingerprint density at radius 3 is 2.20 bits per heavy atom. The summed E-state index contributed by atoms with van der Waals surface area (Å²) < 4.78 is 13.6. The number of carbonyl (C=O) groups is 1. The lowest BCUT2D eigenvalue weighted by molar-refractivity contribution is -0.135. The van der Waals surface area contributed by atoms with Crippen molar-refractivity contribution in [2.45, 2.75) is 46.3 Å². The molecular weight excluding hydrogens is 255 g/mol. The second-order valence-corrected chi connectivity index (χ2v) is 5.75. The largest absolute Gasteiger partial charge is 0.337 e. The lowest BCUT2D eigenvalue weighted by atomic mass is 10.2. The molecule has 1 amide bonds. The summed E-state index contributed by atoms with van der Waals surface area (Å²) in [5, 5.41) is 0. The van der Waals surface area contributed by atoms with Crippen molar-refractivity contribution in [3.05, 3.63) is 35.6 Å². The predicted molar refractivity (Wildman–Crippen MR) is 79.9 cm³/mol. The number of halogens is 1. The molecule has 0 aliphatic carbocycles. The number of hydrogen-bond acceptors (Lipinski definition) is 2. The molecule has 0 saturated carbocycles. The zero-order chi connectivity index (χ0) is 15.3. The first kappa shape index (κ1) is 16.6. The van der Waals surface area contributed by atoms with Gasteiger partial charge in [0, 0.05) is 24.2 Å². The molecule has 0 bridgehead atoms. The van der Waals surface area contributed by atoms with Crippen molar-refractivity contribution in [3.8, 4) is 0 Å². The SMILES string of the molecule is CC(C)N(C(=O)CN(C)Cc1ccccc1F)C(C)C. The Morgan fingerprint density at radius 2 is 1.70 bits per heavy atom. The summed E-state index contributed by atoms with van der Waals surface area (Å²) in [6.07, 6.45) is 0. The lowest BCUT2D eigenvalue weighted by Crippen LogP contribution is -2.46. The van der Waals surface area contributed by atoms with Gasteiger partial charge >= 0.3 is 0 Å². The smallest absolute Gasteiger partial charge is 0.237 e. The minimum absolute atomic E-state index is 0.0776. The number of hydrogen-bond donors (Lipinski definition) is 0. The van der Waals surface area contributed by atoms with Crippen molar-refractivity contribution in [1.82, 2.24) is 9.80 Å². The quantitative estimate of drug-likeness (QED) is 0.800. The van der Waals surface area contributed by atoms with E-state index in [1.165, 1.54) is 6.07 Å². The second kappa shape index (κ2) is 7.39. The van der Waals surface area contributed by atoms with Gasteiger partial charge in [-0.2, -0.15) is 0 Å². The average Bonchev–Trinajstić information content (AvgIpc) is 2.30. The number of likely N-dealkylation sites (N-methyl/N-ethyl adjacent to an activating group) is 1. The van der Waals surface area contributed by atoms with E-state index >= 15 is 0 Å². The van der Waals surface area contributed by atoms with E-state index < -0.39 is 0 Å². The number of carbonyl (C=O) groups excluding carboxylic acids is 1. The second-order valence-electron chi connectivity index (χ2n) is 5.75. The Kier molecular flexibility index (Phi) is 6.14. The molecule has 0 radical (unpaired) electrons. The predicted octanol–water partition coefficient (Wildman–Crippen LogP) is 2.90. The van der Waals surface area contributed by atoms with Crippen molar-refractivity contribution in [2.75, 3.05) is 13.6 Å². The summed E-state index contributed by atoms with van der Waals surface area (Å²) in [5.74, 6) is -0.148. The summed E-state index contributed by atoms with van der Waals surface area (Å²) >= 11 is 0.